The third kappa shape index (κ3) is 4.46. The normalized spacial score (nSPS) is 21.5. The molecule has 1 amide bonds. The number of amides is 1. The molecule has 1 aromatic carbocycles. The van der Waals surface area contributed by atoms with Gasteiger partial charge in [0.25, 0.3) is 5.91 Å². The molecule has 3 rings (SSSR count). The number of hydrogen-bond donors (Lipinski definition) is 2. The number of pyridine rings is 1. The summed E-state index contributed by atoms with van der Waals surface area (Å²) in [7, 11) is 0. The molecule has 6 nitrogen and oxygen atoms in total. The molecule has 6 heteroatoms. The molecule has 138 valence electrons. The quantitative estimate of drug-likeness (QED) is 0.637. The number of carbonyl (C=O) groups is 1. The maximum absolute atomic E-state index is 11.4. The topological polar surface area (TPSA) is 68.7 Å². The van der Waals surface area contributed by atoms with Crippen molar-refractivity contribution in [2.75, 3.05) is 13.1 Å². The van der Waals surface area contributed by atoms with Crippen LogP contribution in [0.25, 0.3) is 0 Å². The number of nitrogens with zero attached hydrogens (tertiary/aromatic N) is 3. The van der Waals surface area contributed by atoms with Crippen LogP contribution in [0.5, 0.6) is 0 Å². The number of nitrogens with one attached hydrogen (secondary N) is 1. The van der Waals surface area contributed by atoms with Crippen LogP contribution in [0.4, 0.5) is 0 Å². The first-order valence-electron chi connectivity index (χ1n) is 8.98. The summed E-state index contributed by atoms with van der Waals surface area (Å²) in [5.74, 6) is -0.541. The van der Waals surface area contributed by atoms with Crippen molar-refractivity contribution in [3.05, 3.63) is 65.5 Å². The fraction of sp³-hybridized carbons (Fsp3) is 0.400. The van der Waals surface area contributed by atoms with E-state index in [1.54, 1.807) is 11.5 Å². The molecule has 0 saturated carbocycles. The van der Waals surface area contributed by atoms with Crippen LogP contribution in [-0.2, 0) is 13.1 Å². The summed E-state index contributed by atoms with van der Waals surface area (Å²) in [4.78, 5) is 20.7. The highest BCUT2D eigenvalue weighted by Crippen LogP contribution is 2.20. The monoisotopic (exact) mass is 354 g/mol. The lowest BCUT2D eigenvalue weighted by Crippen LogP contribution is -2.55. The maximum atomic E-state index is 11.4. The van der Waals surface area contributed by atoms with Gasteiger partial charge in [-0.05, 0) is 31.5 Å². The molecule has 1 aromatic heterocycles. The van der Waals surface area contributed by atoms with E-state index in [4.69, 9.17) is 5.21 Å². The van der Waals surface area contributed by atoms with E-state index in [1.165, 1.54) is 11.8 Å². The Hall–Kier alpha value is -2.28. The van der Waals surface area contributed by atoms with Gasteiger partial charge in [-0.15, -0.1) is 0 Å². The van der Waals surface area contributed by atoms with E-state index in [0.717, 1.165) is 31.9 Å². The molecule has 0 bridgehead atoms. The van der Waals surface area contributed by atoms with Crippen molar-refractivity contribution in [3.63, 3.8) is 0 Å². The number of benzene rings is 1. The van der Waals surface area contributed by atoms with Gasteiger partial charge in [0.2, 0.25) is 0 Å². The summed E-state index contributed by atoms with van der Waals surface area (Å²) in [5.41, 5.74) is 4.25. The van der Waals surface area contributed by atoms with Crippen LogP contribution < -0.4 is 5.48 Å². The summed E-state index contributed by atoms with van der Waals surface area (Å²) in [6.07, 6.45) is 1.50. The summed E-state index contributed by atoms with van der Waals surface area (Å²) < 4.78 is 0. The van der Waals surface area contributed by atoms with E-state index in [1.807, 2.05) is 6.07 Å². The van der Waals surface area contributed by atoms with E-state index in [2.05, 4.69) is 59.0 Å². The van der Waals surface area contributed by atoms with Gasteiger partial charge >= 0.3 is 0 Å². The Balaban J connectivity index is 1.59. The molecule has 1 aliphatic heterocycles. The zero-order valence-corrected chi connectivity index (χ0v) is 15.3. The summed E-state index contributed by atoms with van der Waals surface area (Å²) >= 11 is 0. The Morgan fingerprint density at radius 2 is 1.81 bits per heavy atom. The van der Waals surface area contributed by atoms with Crippen molar-refractivity contribution in [1.82, 2.24) is 20.3 Å². The average molecular weight is 354 g/mol. The van der Waals surface area contributed by atoms with Crippen LogP contribution >= 0.6 is 0 Å². The Kier molecular flexibility index (Phi) is 5.98. The lowest BCUT2D eigenvalue weighted by atomic mass is 10.1. The van der Waals surface area contributed by atoms with E-state index < -0.39 is 5.91 Å². The van der Waals surface area contributed by atoms with Crippen LogP contribution in [0.2, 0.25) is 0 Å². The average Bonchev–Trinajstić information content (AvgIpc) is 2.65. The predicted molar refractivity (Wildman–Crippen MR) is 99.7 cm³/mol. The molecule has 2 unspecified atom stereocenters. The molecule has 0 aliphatic carbocycles. The minimum atomic E-state index is -0.541. The highest BCUT2D eigenvalue weighted by molar-refractivity contribution is 5.92. The third-order valence-corrected chi connectivity index (χ3v) is 4.96. The van der Waals surface area contributed by atoms with Crippen LogP contribution in [0.3, 0.4) is 0 Å². The number of carbonyl (C=O) groups excluding carboxylic acids is 1. The first kappa shape index (κ1) is 18.5. The molecule has 2 atom stereocenters. The van der Waals surface area contributed by atoms with Crippen molar-refractivity contribution in [1.29, 1.82) is 0 Å². The van der Waals surface area contributed by atoms with Crippen molar-refractivity contribution >= 4 is 5.91 Å². The molecule has 2 heterocycles. The van der Waals surface area contributed by atoms with Gasteiger partial charge in [-0.25, -0.2) is 5.48 Å². The van der Waals surface area contributed by atoms with Gasteiger partial charge < -0.3 is 0 Å². The van der Waals surface area contributed by atoms with Crippen LogP contribution in [-0.4, -0.2) is 51.1 Å². The summed E-state index contributed by atoms with van der Waals surface area (Å²) in [5, 5.41) is 8.67. The minimum absolute atomic E-state index is 0.352. The first-order valence-corrected chi connectivity index (χ1v) is 8.98. The van der Waals surface area contributed by atoms with Gasteiger partial charge in [-0.1, -0.05) is 30.3 Å². The standard InChI is InChI=1S/C20H26N4O2/c1-15-11-23(14-19-9-8-18(10-21-19)20(25)22-26)12-16(2)24(15)13-17-6-4-3-5-7-17/h3-10,15-16,26H,11-14H2,1-2H3,(H,22,25). The molecular weight excluding hydrogens is 328 g/mol. The maximum Gasteiger partial charge on any atom is 0.276 e. The number of rotatable bonds is 5. The second-order valence-electron chi connectivity index (χ2n) is 7.03. The summed E-state index contributed by atoms with van der Waals surface area (Å²) in [6.45, 7) is 8.24. The fourth-order valence-electron chi connectivity index (χ4n) is 3.65. The lowest BCUT2D eigenvalue weighted by Gasteiger charge is -2.44. The van der Waals surface area contributed by atoms with Gasteiger partial charge in [0.1, 0.15) is 0 Å². The van der Waals surface area contributed by atoms with Crippen molar-refractivity contribution in [3.8, 4) is 0 Å². The van der Waals surface area contributed by atoms with E-state index in [-0.39, 0.29) is 0 Å². The summed E-state index contributed by atoms with van der Waals surface area (Å²) in [6, 6.07) is 15.0. The third-order valence-electron chi connectivity index (χ3n) is 4.96. The molecule has 2 aromatic rings. The zero-order valence-electron chi connectivity index (χ0n) is 15.3. The molecule has 1 aliphatic rings. The van der Waals surface area contributed by atoms with Gasteiger partial charge in [0.15, 0.2) is 0 Å². The number of aromatic nitrogens is 1. The molecule has 0 radical (unpaired) electrons. The molecule has 26 heavy (non-hydrogen) atoms. The first-order chi connectivity index (χ1) is 12.6. The zero-order chi connectivity index (χ0) is 18.5. The van der Waals surface area contributed by atoms with Gasteiger partial charge in [-0.2, -0.15) is 0 Å². The Bertz CT molecular complexity index is 708. The van der Waals surface area contributed by atoms with Gasteiger partial charge in [0, 0.05) is 44.5 Å². The Morgan fingerprint density at radius 1 is 1.12 bits per heavy atom. The SMILES string of the molecule is CC1CN(Cc2ccc(C(=O)NO)cn2)CC(C)N1Cc1ccccc1. The largest absolute Gasteiger partial charge is 0.294 e. The van der Waals surface area contributed by atoms with E-state index in [9.17, 15) is 4.79 Å². The van der Waals surface area contributed by atoms with Crippen LogP contribution in [0.1, 0.15) is 35.5 Å². The highest BCUT2D eigenvalue weighted by atomic mass is 16.5. The lowest BCUT2D eigenvalue weighted by molar-refractivity contribution is 0.0285. The van der Waals surface area contributed by atoms with Crippen molar-refractivity contribution in [2.24, 2.45) is 0 Å². The number of hydrogen-bond acceptors (Lipinski definition) is 5. The van der Waals surface area contributed by atoms with Crippen molar-refractivity contribution < 1.29 is 10.0 Å². The number of hydroxylamine groups is 1. The van der Waals surface area contributed by atoms with E-state index >= 15 is 0 Å². The molecule has 0 spiro atoms. The van der Waals surface area contributed by atoms with Gasteiger partial charge in [-0.3, -0.25) is 24.8 Å². The van der Waals surface area contributed by atoms with Gasteiger partial charge in [0.05, 0.1) is 11.3 Å². The Labute approximate surface area is 154 Å². The fourth-order valence-corrected chi connectivity index (χ4v) is 3.65. The molecule has 1 saturated heterocycles. The molecule has 1 fully saturated rings. The second kappa shape index (κ2) is 8.40. The van der Waals surface area contributed by atoms with E-state index in [0.29, 0.717) is 17.6 Å². The predicted octanol–water partition coefficient (Wildman–Crippen LogP) is 2.30. The second-order valence-corrected chi connectivity index (χ2v) is 7.03. The van der Waals surface area contributed by atoms with Crippen LogP contribution in [0, 0.1) is 0 Å². The highest BCUT2D eigenvalue weighted by Gasteiger charge is 2.29. The van der Waals surface area contributed by atoms with Crippen molar-refractivity contribution in [2.45, 2.75) is 39.0 Å². The Morgan fingerprint density at radius 3 is 2.38 bits per heavy atom. The molecular formula is C20H26N4O2. The van der Waals surface area contributed by atoms with Crippen LogP contribution in [0.15, 0.2) is 48.7 Å². The smallest absolute Gasteiger partial charge is 0.276 e. The minimum Gasteiger partial charge on any atom is -0.294 e. The molecule has 2 N–H and O–H groups in total. The number of piperazine rings is 1.